The van der Waals surface area contributed by atoms with Gasteiger partial charge in [0, 0.05) is 17.1 Å². The van der Waals surface area contributed by atoms with E-state index in [1.807, 2.05) is 6.92 Å². The summed E-state index contributed by atoms with van der Waals surface area (Å²) in [6, 6.07) is 4.84. The van der Waals surface area contributed by atoms with Gasteiger partial charge in [0.15, 0.2) is 0 Å². The summed E-state index contributed by atoms with van der Waals surface area (Å²) in [6.07, 6.45) is 3.65. The Hall–Kier alpha value is -1.95. The maximum absolute atomic E-state index is 11.9. The van der Waals surface area contributed by atoms with E-state index in [4.69, 9.17) is 0 Å². The van der Waals surface area contributed by atoms with E-state index in [9.17, 15) is 9.59 Å². The first-order chi connectivity index (χ1) is 10.1. The monoisotopic (exact) mass is 305 g/mol. The van der Waals surface area contributed by atoms with Crippen molar-refractivity contribution in [3.8, 4) is 0 Å². The normalized spacial score (nSPS) is 10.6. The van der Waals surface area contributed by atoms with Crippen molar-refractivity contribution in [2.24, 2.45) is 0 Å². The lowest BCUT2D eigenvalue weighted by atomic mass is 10.3. The van der Waals surface area contributed by atoms with Gasteiger partial charge in [-0.05, 0) is 25.8 Å². The van der Waals surface area contributed by atoms with Gasteiger partial charge < -0.3 is 9.88 Å². The highest BCUT2D eigenvalue weighted by Gasteiger charge is 2.09. The molecule has 0 saturated carbocycles. The van der Waals surface area contributed by atoms with Crippen LogP contribution in [0.25, 0.3) is 0 Å². The largest absolute Gasteiger partial charge is 0.350 e. The van der Waals surface area contributed by atoms with E-state index in [0.29, 0.717) is 6.54 Å². The molecule has 2 aromatic rings. The molecule has 2 heterocycles. The number of hydrogen-bond acceptors (Lipinski definition) is 4. The molecule has 0 atom stereocenters. The zero-order valence-electron chi connectivity index (χ0n) is 12.3. The van der Waals surface area contributed by atoms with Crippen molar-refractivity contribution in [3.05, 3.63) is 50.3 Å². The summed E-state index contributed by atoms with van der Waals surface area (Å²) in [7, 11) is 0. The van der Waals surface area contributed by atoms with Crippen LogP contribution in [-0.4, -0.2) is 15.5 Å². The third kappa shape index (κ3) is 4.26. The van der Waals surface area contributed by atoms with Crippen LogP contribution in [-0.2, 0) is 24.3 Å². The van der Waals surface area contributed by atoms with Crippen molar-refractivity contribution >= 4 is 17.2 Å². The average molecular weight is 305 g/mol. The maximum atomic E-state index is 11.9. The van der Waals surface area contributed by atoms with Crippen molar-refractivity contribution < 1.29 is 4.79 Å². The summed E-state index contributed by atoms with van der Waals surface area (Å²) in [5.41, 5.74) is 0.799. The number of thiazole rings is 1. The van der Waals surface area contributed by atoms with Crippen molar-refractivity contribution in [2.45, 2.75) is 39.8 Å². The Kier molecular flexibility index (Phi) is 5.27. The average Bonchev–Trinajstić information content (AvgIpc) is 2.80. The van der Waals surface area contributed by atoms with Gasteiger partial charge in [-0.3, -0.25) is 9.59 Å². The van der Waals surface area contributed by atoms with E-state index in [2.05, 4.69) is 17.2 Å². The van der Waals surface area contributed by atoms with Crippen molar-refractivity contribution in [1.82, 2.24) is 14.9 Å². The topological polar surface area (TPSA) is 64.0 Å². The molecule has 0 fully saturated rings. The van der Waals surface area contributed by atoms with Crippen LogP contribution in [0.3, 0.4) is 0 Å². The molecule has 5 nitrogen and oxygen atoms in total. The number of nitrogens with one attached hydrogen (secondary N) is 1. The first-order valence-corrected chi connectivity index (χ1v) is 7.79. The van der Waals surface area contributed by atoms with Crippen LogP contribution in [0.2, 0.25) is 0 Å². The molecule has 1 amide bonds. The lowest BCUT2D eigenvalue weighted by molar-refractivity contribution is -0.121. The molecule has 0 saturated heterocycles. The summed E-state index contributed by atoms with van der Waals surface area (Å²) < 4.78 is 1.39. The predicted molar refractivity (Wildman–Crippen MR) is 83.4 cm³/mol. The lowest BCUT2D eigenvalue weighted by Gasteiger charge is -2.06. The minimum absolute atomic E-state index is 0.0410. The zero-order chi connectivity index (χ0) is 15.2. The molecular formula is C15H19N3O2S. The number of carbonyl (C=O) groups excluding carboxylic acids is 1. The summed E-state index contributed by atoms with van der Waals surface area (Å²) in [4.78, 5) is 29.0. The van der Waals surface area contributed by atoms with Crippen molar-refractivity contribution in [1.29, 1.82) is 0 Å². The van der Waals surface area contributed by atoms with Crippen LogP contribution in [0.5, 0.6) is 0 Å². The van der Waals surface area contributed by atoms with E-state index in [0.717, 1.165) is 28.4 Å². The fraction of sp³-hybridized carbons (Fsp3) is 0.400. The number of aryl methyl sites for hydroxylation is 2. The minimum atomic E-state index is -0.174. The van der Waals surface area contributed by atoms with Crippen molar-refractivity contribution in [3.63, 3.8) is 0 Å². The molecule has 0 aliphatic carbocycles. The summed E-state index contributed by atoms with van der Waals surface area (Å²) in [5.74, 6) is -0.173. The van der Waals surface area contributed by atoms with Crippen LogP contribution in [0.15, 0.2) is 29.2 Å². The summed E-state index contributed by atoms with van der Waals surface area (Å²) in [5, 5.41) is 3.95. The van der Waals surface area contributed by atoms with Gasteiger partial charge in [-0.2, -0.15) is 0 Å². The number of rotatable bonds is 6. The molecule has 0 unspecified atom stereocenters. The Morgan fingerprint density at radius 1 is 1.43 bits per heavy atom. The zero-order valence-corrected chi connectivity index (χ0v) is 13.1. The lowest BCUT2D eigenvalue weighted by Crippen LogP contribution is -2.31. The quantitative estimate of drug-likeness (QED) is 0.886. The third-order valence-corrected chi connectivity index (χ3v) is 4.28. The molecule has 0 aliphatic rings. The van der Waals surface area contributed by atoms with Gasteiger partial charge in [-0.25, -0.2) is 4.98 Å². The molecule has 0 spiro atoms. The molecule has 2 aromatic heterocycles. The van der Waals surface area contributed by atoms with Crippen LogP contribution < -0.4 is 10.9 Å². The second-order valence-corrected chi connectivity index (χ2v) is 5.98. The molecule has 1 N–H and O–H groups in total. The molecule has 112 valence electrons. The van der Waals surface area contributed by atoms with E-state index in [1.165, 1.54) is 10.6 Å². The van der Waals surface area contributed by atoms with Gasteiger partial charge in [0.1, 0.15) is 6.54 Å². The van der Waals surface area contributed by atoms with Gasteiger partial charge in [-0.1, -0.05) is 13.0 Å². The fourth-order valence-electron chi connectivity index (χ4n) is 1.95. The third-order valence-electron chi connectivity index (χ3n) is 3.06. The number of nitrogens with zero attached hydrogens (tertiary/aromatic N) is 2. The van der Waals surface area contributed by atoms with Crippen LogP contribution >= 0.6 is 11.3 Å². The number of carbonyl (C=O) groups is 1. The highest BCUT2D eigenvalue weighted by Crippen LogP contribution is 2.18. The second-order valence-electron chi connectivity index (χ2n) is 4.81. The Labute approximate surface area is 127 Å². The Bertz CT molecular complexity index is 676. The summed E-state index contributed by atoms with van der Waals surface area (Å²) >= 11 is 1.64. The minimum Gasteiger partial charge on any atom is -0.350 e. The van der Waals surface area contributed by atoms with E-state index in [-0.39, 0.29) is 18.0 Å². The van der Waals surface area contributed by atoms with Gasteiger partial charge in [0.05, 0.1) is 17.2 Å². The van der Waals surface area contributed by atoms with Crippen LogP contribution in [0, 0.1) is 6.92 Å². The van der Waals surface area contributed by atoms with Crippen LogP contribution in [0.4, 0.5) is 0 Å². The number of aromatic nitrogens is 2. The molecule has 21 heavy (non-hydrogen) atoms. The molecule has 0 bridgehead atoms. The SMILES string of the molecule is CCCc1nc(C)c(CNC(=O)Cn2ccccc2=O)s1. The van der Waals surface area contributed by atoms with Gasteiger partial charge in [0.2, 0.25) is 5.91 Å². The molecular weight excluding hydrogens is 286 g/mol. The van der Waals surface area contributed by atoms with Gasteiger partial charge in [0.25, 0.3) is 5.56 Å². The Morgan fingerprint density at radius 3 is 2.95 bits per heavy atom. The van der Waals surface area contributed by atoms with E-state index < -0.39 is 0 Å². The smallest absolute Gasteiger partial charge is 0.250 e. The first-order valence-electron chi connectivity index (χ1n) is 6.97. The number of pyridine rings is 1. The predicted octanol–water partition coefficient (Wildman–Crippen LogP) is 1.88. The van der Waals surface area contributed by atoms with Crippen molar-refractivity contribution in [2.75, 3.05) is 0 Å². The Balaban J connectivity index is 1.92. The molecule has 0 aliphatic heterocycles. The molecule has 0 radical (unpaired) electrons. The highest BCUT2D eigenvalue weighted by atomic mass is 32.1. The van der Waals surface area contributed by atoms with E-state index in [1.54, 1.807) is 29.7 Å². The summed E-state index contributed by atoms with van der Waals surface area (Å²) in [6.45, 7) is 4.58. The second kappa shape index (κ2) is 7.17. The number of hydrogen-bond donors (Lipinski definition) is 1. The molecule has 6 heteroatoms. The van der Waals surface area contributed by atoms with Gasteiger partial charge in [-0.15, -0.1) is 11.3 Å². The number of amides is 1. The molecule has 0 aromatic carbocycles. The fourth-order valence-corrected chi connectivity index (χ4v) is 3.06. The van der Waals surface area contributed by atoms with Gasteiger partial charge >= 0.3 is 0 Å². The van der Waals surface area contributed by atoms with E-state index >= 15 is 0 Å². The standard InChI is InChI=1S/C15H19N3O2S/c1-3-6-14-17-11(2)12(21-14)9-16-13(19)10-18-8-5-4-7-15(18)20/h4-5,7-8H,3,6,9-10H2,1-2H3,(H,16,19). The van der Waals surface area contributed by atoms with Crippen LogP contribution in [0.1, 0.15) is 28.9 Å². The Morgan fingerprint density at radius 2 is 2.24 bits per heavy atom. The first kappa shape index (κ1) is 15.4. The maximum Gasteiger partial charge on any atom is 0.250 e. The molecule has 2 rings (SSSR count). The highest BCUT2D eigenvalue weighted by molar-refractivity contribution is 7.11.